The second-order valence-electron chi connectivity index (χ2n) is 11.3. The van der Waals surface area contributed by atoms with Crippen molar-refractivity contribution in [3.05, 3.63) is 94.9 Å². The van der Waals surface area contributed by atoms with Crippen LogP contribution in [0, 0.1) is 0 Å². The van der Waals surface area contributed by atoms with E-state index in [2.05, 4.69) is 47.4 Å². The predicted molar refractivity (Wildman–Crippen MR) is 192 cm³/mol. The number of methoxy groups -OCH3 is 1. The van der Waals surface area contributed by atoms with Crippen LogP contribution in [-0.4, -0.2) is 90.8 Å². The normalized spacial score (nSPS) is 16.1. The van der Waals surface area contributed by atoms with Crippen LogP contribution in [0.3, 0.4) is 0 Å². The number of carbonyl (C=O) groups excluding carboxylic acids is 1. The van der Waals surface area contributed by atoms with Gasteiger partial charge in [0.15, 0.2) is 11.5 Å². The van der Waals surface area contributed by atoms with E-state index in [4.69, 9.17) is 31.2 Å². The second kappa shape index (κ2) is 15.7. The van der Waals surface area contributed by atoms with Gasteiger partial charge in [0.2, 0.25) is 0 Å². The fourth-order valence-electron chi connectivity index (χ4n) is 5.61. The van der Waals surface area contributed by atoms with Crippen molar-refractivity contribution in [3.8, 4) is 28.4 Å². The lowest BCUT2D eigenvalue weighted by Gasteiger charge is -2.26. The van der Waals surface area contributed by atoms with Gasteiger partial charge in [-0.15, -0.1) is 0 Å². The first-order valence-corrected chi connectivity index (χ1v) is 17.0. The Morgan fingerprint density at radius 3 is 2.42 bits per heavy atom. The molecule has 4 aromatic rings. The fraction of sp³-hybridized carbons (Fsp3) is 0.270. The van der Waals surface area contributed by atoms with Gasteiger partial charge in [-0.1, -0.05) is 66.4 Å². The number of thiocarbonyl (C=S) groups is 1. The standard InChI is InChI=1S/C37H36N2O7S2/c1-43-33-23-29(36(41)42)10-12-32(33)45-17-4-13-39-35(40)34(48-37(39)47)24-30-22-28(27-8-7-25-5-2-3-6-26(25)21-27)9-11-31(30)46-20-16-38-14-18-44-19-15-38/h2-3,5-12,21-24H,4,13-20H2,1H3,(H,41,42)/b34-24-. The number of benzene rings is 4. The Bertz CT molecular complexity index is 1850. The molecule has 0 radical (unpaired) electrons. The minimum Gasteiger partial charge on any atom is -0.493 e. The molecule has 6 rings (SSSR count). The van der Waals surface area contributed by atoms with Gasteiger partial charge < -0.3 is 24.1 Å². The van der Waals surface area contributed by atoms with Gasteiger partial charge in [-0.3, -0.25) is 14.6 Å². The Morgan fingerprint density at radius 2 is 1.62 bits per heavy atom. The van der Waals surface area contributed by atoms with Crippen molar-refractivity contribution in [2.75, 3.05) is 59.7 Å². The summed E-state index contributed by atoms with van der Waals surface area (Å²) in [5, 5.41) is 11.6. The van der Waals surface area contributed by atoms with E-state index in [1.165, 1.54) is 36.4 Å². The highest BCUT2D eigenvalue weighted by molar-refractivity contribution is 8.26. The number of hydrogen-bond acceptors (Lipinski definition) is 9. The molecule has 9 nitrogen and oxygen atoms in total. The molecule has 1 N–H and O–H groups in total. The molecular weight excluding hydrogens is 649 g/mol. The van der Waals surface area contributed by atoms with Gasteiger partial charge in [-0.25, -0.2) is 4.79 Å². The van der Waals surface area contributed by atoms with Crippen LogP contribution in [-0.2, 0) is 9.53 Å². The maximum atomic E-state index is 13.6. The average Bonchev–Trinajstić information content (AvgIpc) is 3.38. The molecule has 0 unspecified atom stereocenters. The largest absolute Gasteiger partial charge is 0.493 e. The van der Waals surface area contributed by atoms with Gasteiger partial charge in [0.25, 0.3) is 5.91 Å². The van der Waals surface area contributed by atoms with Gasteiger partial charge in [-0.2, -0.15) is 0 Å². The SMILES string of the molecule is COc1cc(C(=O)O)ccc1OCCCN1C(=O)/C(=C/c2cc(-c3ccc4ccccc4c3)ccc2OCCN2CCOCC2)SC1=S. The van der Waals surface area contributed by atoms with Crippen molar-refractivity contribution in [2.45, 2.75) is 6.42 Å². The van der Waals surface area contributed by atoms with Gasteiger partial charge in [-0.05, 0) is 70.8 Å². The maximum absolute atomic E-state index is 13.6. The Labute approximate surface area is 289 Å². The number of nitrogens with zero attached hydrogens (tertiary/aromatic N) is 2. The zero-order chi connectivity index (χ0) is 33.5. The molecule has 48 heavy (non-hydrogen) atoms. The van der Waals surface area contributed by atoms with E-state index in [1.54, 1.807) is 11.0 Å². The summed E-state index contributed by atoms with van der Waals surface area (Å²) in [6.45, 7) is 5.19. The summed E-state index contributed by atoms with van der Waals surface area (Å²) in [5.74, 6) is 0.255. The minimum absolute atomic E-state index is 0.108. The summed E-state index contributed by atoms with van der Waals surface area (Å²) in [5.41, 5.74) is 3.01. The lowest BCUT2D eigenvalue weighted by molar-refractivity contribution is -0.122. The van der Waals surface area contributed by atoms with Crippen LogP contribution in [0.25, 0.3) is 28.0 Å². The lowest BCUT2D eigenvalue weighted by Crippen LogP contribution is -2.38. The predicted octanol–water partition coefficient (Wildman–Crippen LogP) is 6.59. The van der Waals surface area contributed by atoms with Crippen molar-refractivity contribution in [1.29, 1.82) is 0 Å². The van der Waals surface area contributed by atoms with Gasteiger partial charge in [0.05, 0.1) is 37.4 Å². The summed E-state index contributed by atoms with van der Waals surface area (Å²) >= 11 is 6.89. The van der Waals surface area contributed by atoms with Crippen molar-refractivity contribution in [1.82, 2.24) is 9.80 Å². The van der Waals surface area contributed by atoms with E-state index in [9.17, 15) is 14.7 Å². The molecule has 0 bridgehead atoms. The summed E-state index contributed by atoms with van der Waals surface area (Å²) in [6.07, 6.45) is 2.39. The van der Waals surface area contributed by atoms with Crippen LogP contribution in [0.15, 0.2) is 83.8 Å². The van der Waals surface area contributed by atoms with E-state index >= 15 is 0 Å². The number of morpholine rings is 1. The molecule has 2 saturated heterocycles. The Kier molecular flexibility index (Phi) is 10.9. The number of thioether (sulfide) groups is 1. The monoisotopic (exact) mass is 684 g/mol. The summed E-state index contributed by atoms with van der Waals surface area (Å²) in [7, 11) is 1.46. The van der Waals surface area contributed by atoms with E-state index in [0.29, 0.717) is 46.0 Å². The molecule has 11 heteroatoms. The molecule has 0 atom stereocenters. The molecule has 1 amide bonds. The number of amides is 1. The first-order valence-electron chi connectivity index (χ1n) is 15.8. The van der Waals surface area contributed by atoms with Crippen LogP contribution >= 0.6 is 24.0 Å². The molecular formula is C37H36N2O7S2. The molecule has 0 spiro atoms. The quantitative estimate of drug-likeness (QED) is 0.0944. The lowest BCUT2D eigenvalue weighted by atomic mass is 9.99. The van der Waals surface area contributed by atoms with Crippen molar-refractivity contribution < 1.29 is 33.6 Å². The van der Waals surface area contributed by atoms with Crippen molar-refractivity contribution in [2.24, 2.45) is 0 Å². The number of carboxylic acid groups (broad SMARTS) is 1. The fourth-order valence-corrected chi connectivity index (χ4v) is 6.91. The molecule has 0 saturated carbocycles. The number of ether oxygens (including phenoxy) is 4. The average molecular weight is 685 g/mol. The van der Waals surface area contributed by atoms with Crippen molar-refractivity contribution in [3.63, 3.8) is 0 Å². The number of carbonyl (C=O) groups is 2. The minimum atomic E-state index is -1.05. The van der Waals surface area contributed by atoms with Crippen LogP contribution in [0.4, 0.5) is 0 Å². The maximum Gasteiger partial charge on any atom is 0.335 e. The number of rotatable bonds is 13. The number of aromatic carboxylic acids is 1. The van der Waals surface area contributed by atoms with Gasteiger partial charge in [0, 0.05) is 31.7 Å². The molecule has 248 valence electrons. The van der Waals surface area contributed by atoms with Crippen molar-refractivity contribution >= 4 is 57.0 Å². The van der Waals surface area contributed by atoms with Gasteiger partial charge in [0.1, 0.15) is 16.7 Å². The second-order valence-corrected chi connectivity index (χ2v) is 13.0. The Balaban J connectivity index is 1.17. The number of hydrogen-bond donors (Lipinski definition) is 1. The third-order valence-corrected chi connectivity index (χ3v) is 9.59. The van der Waals surface area contributed by atoms with E-state index in [0.717, 1.165) is 54.9 Å². The van der Waals surface area contributed by atoms with Crippen LogP contribution in [0.2, 0.25) is 0 Å². The zero-order valence-corrected chi connectivity index (χ0v) is 28.2. The summed E-state index contributed by atoms with van der Waals surface area (Å²) in [6, 6.07) is 25.2. The Hall–Kier alpha value is -4.42. The topological polar surface area (TPSA) is 97.8 Å². The first-order chi connectivity index (χ1) is 23.4. The third kappa shape index (κ3) is 7.99. The first kappa shape index (κ1) is 33.5. The highest BCUT2D eigenvalue weighted by Crippen LogP contribution is 2.36. The Morgan fingerprint density at radius 1 is 0.896 bits per heavy atom. The summed E-state index contributed by atoms with van der Waals surface area (Å²) in [4.78, 5) is 29.3. The van der Waals surface area contributed by atoms with Crippen LogP contribution in [0.1, 0.15) is 22.3 Å². The molecule has 2 fully saturated rings. The summed E-state index contributed by atoms with van der Waals surface area (Å²) < 4.78 is 23.4. The molecule has 2 aliphatic rings. The van der Waals surface area contributed by atoms with Crippen LogP contribution in [0.5, 0.6) is 17.2 Å². The number of fused-ring (bicyclic) bond motifs is 1. The molecule has 2 heterocycles. The molecule has 0 aromatic heterocycles. The molecule has 4 aromatic carbocycles. The van der Waals surface area contributed by atoms with Gasteiger partial charge >= 0.3 is 5.97 Å². The zero-order valence-electron chi connectivity index (χ0n) is 26.6. The highest BCUT2D eigenvalue weighted by Gasteiger charge is 2.32. The molecule has 0 aliphatic carbocycles. The smallest absolute Gasteiger partial charge is 0.335 e. The molecule has 2 aliphatic heterocycles. The number of carboxylic acids is 1. The van der Waals surface area contributed by atoms with E-state index in [1.807, 2.05) is 24.3 Å². The van der Waals surface area contributed by atoms with E-state index in [-0.39, 0.29) is 18.1 Å². The third-order valence-electron chi connectivity index (χ3n) is 8.22. The highest BCUT2D eigenvalue weighted by atomic mass is 32.2. The van der Waals surface area contributed by atoms with Crippen LogP contribution < -0.4 is 14.2 Å². The van der Waals surface area contributed by atoms with E-state index < -0.39 is 5.97 Å².